The van der Waals surface area contributed by atoms with Crippen LogP contribution >= 0.6 is 11.3 Å². The molecule has 1 aliphatic heterocycles. The number of piperidine rings is 1. The van der Waals surface area contributed by atoms with Crippen LogP contribution in [0.1, 0.15) is 38.5 Å². The lowest BCUT2D eigenvalue weighted by atomic mass is 10.1. The molecular weight excluding hydrogens is 326 g/mol. The van der Waals surface area contributed by atoms with E-state index in [1.165, 1.54) is 11.3 Å². The van der Waals surface area contributed by atoms with Crippen molar-refractivity contribution in [1.29, 1.82) is 0 Å². The van der Waals surface area contributed by atoms with Crippen molar-refractivity contribution in [2.45, 2.75) is 39.3 Å². The fourth-order valence-corrected chi connectivity index (χ4v) is 3.67. The van der Waals surface area contributed by atoms with E-state index < -0.39 is 5.97 Å². The topological polar surface area (TPSA) is 75.5 Å². The van der Waals surface area contributed by atoms with Crippen molar-refractivity contribution in [3.63, 3.8) is 0 Å². The smallest absolute Gasteiger partial charge is 0.345 e. The van der Waals surface area contributed by atoms with E-state index in [9.17, 15) is 4.79 Å². The van der Waals surface area contributed by atoms with Gasteiger partial charge in [-0.1, -0.05) is 0 Å². The number of aromatic nitrogens is 2. The summed E-state index contributed by atoms with van der Waals surface area (Å²) in [5, 5.41) is 9.09. The molecule has 2 aromatic heterocycles. The van der Waals surface area contributed by atoms with Crippen molar-refractivity contribution < 1.29 is 14.6 Å². The Morgan fingerprint density at radius 1 is 1.33 bits per heavy atom. The second-order valence-corrected chi connectivity index (χ2v) is 7.39. The molecule has 1 aliphatic rings. The summed E-state index contributed by atoms with van der Waals surface area (Å²) in [6, 6.07) is 2.24. The number of carboxylic acid groups (broad SMARTS) is 1. The van der Waals surface area contributed by atoms with Crippen LogP contribution in [-0.2, 0) is 6.54 Å². The van der Waals surface area contributed by atoms with Gasteiger partial charge in [-0.25, -0.2) is 14.8 Å². The van der Waals surface area contributed by atoms with Gasteiger partial charge in [-0.3, -0.25) is 4.90 Å². The molecule has 0 aliphatic carbocycles. The maximum Gasteiger partial charge on any atom is 0.345 e. The predicted octanol–water partition coefficient (Wildman–Crippen LogP) is 2.90. The molecule has 1 saturated heterocycles. The van der Waals surface area contributed by atoms with Gasteiger partial charge in [0.1, 0.15) is 11.0 Å². The molecule has 0 unspecified atom stereocenters. The first-order chi connectivity index (χ1) is 11.5. The molecule has 0 saturated carbocycles. The van der Waals surface area contributed by atoms with E-state index in [2.05, 4.69) is 14.9 Å². The quantitative estimate of drug-likeness (QED) is 0.896. The highest BCUT2D eigenvalue weighted by Crippen LogP contribution is 2.25. The van der Waals surface area contributed by atoms with Gasteiger partial charge in [-0.15, -0.1) is 11.3 Å². The number of likely N-dealkylation sites (tertiary alicyclic amines) is 1. The van der Waals surface area contributed by atoms with E-state index in [0.717, 1.165) is 48.5 Å². The first-order valence-corrected chi connectivity index (χ1v) is 8.83. The van der Waals surface area contributed by atoms with E-state index >= 15 is 0 Å². The average molecular weight is 347 g/mol. The zero-order valence-electron chi connectivity index (χ0n) is 13.9. The molecule has 128 valence electrons. The summed E-state index contributed by atoms with van der Waals surface area (Å²) < 4.78 is 5.84. The number of aromatic carboxylic acids is 1. The fraction of sp³-hybridized carbons (Fsp3) is 0.471. The second-order valence-electron chi connectivity index (χ2n) is 6.13. The number of thiophene rings is 1. The van der Waals surface area contributed by atoms with Crippen LogP contribution in [0.4, 0.5) is 0 Å². The second kappa shape index (κ2) is 7.27. The highest BCUT2D eigenvalue weighted by Gasteiger charge is 2.22. The van der Waals surface area contributed by atoms with Gasteiger partial charge in [0.2, 0.25) is 0 Å². The highest BCUT2D eigenvalue weighted by molar-refractivity contribution is 7.14. The summed E-state index contributed by atoms with van der Waals surface area (Å²) in [6.45, 7) is 6.58. The predicted molar refractivity (Wildman–Crippen MR) is 91.7 cm³/mol. The Hall–Kier alpha value is -1.99. The summed E-state index contributed by atoms with van der Waals surface area (Å²) in [4.78, 5) is 23.3. The van der Waals surface area contributed by atoms with Crippen molar-refractivity contribution in [2.24, 2.45) is 0 Å². The lowest BCUT2D eigenvalue weighted by molar-refractivity contribution is 0.0702. The molecule has 0 atom stereocenters. The maximum absolute atomic E-state index is 11.1. The van der Waals surface area contributed by atoms with Gasteiger partial charge in [0.05, 0.1) is 0 Å². The molecule has 1 fully saturated rings. The molecule has 0 spiro atoms. The van der Waals surface area contributed by atoms with Crippen molar-refractivity contribution in [3.8, 4) is 6.01 Å². The Kier molecular flexibility index (Phi) is 5.11. The average Bonchev–Trinajstić information content (AvgIpc) is 2.93. The summed E-state index contributed by atoms with van der Waals surface area (Å²) in [7, 11) is 0. The Labute approximate surface area is 145 Å². The van der Waals surface area contributed by atoms with Crippen LogP contribution in [0.5, 0.6) is 6.01 Å². The summed E-state index contributed by atoms with van der Waals surface area (Å²) in [5.41, 5.74) is 2.13. The third-order valence-electron chi connectivity index (χ3n) is 4.19. The Balaban J connectivity index is 1.51. The first-order valence-electron chi connectivity index (χ1n) is 8.01. The molecular formula is C17H21N3O3S. The van der Waals surface area contributed by atoms with Gasteiger partial charge < -0.3 is 9.84 Å². The van der Waals surface area contributed by atoms with Gasteiger partial charge >= 0.3 is 12.0 Å². The number of rotatable bonds is 5. The van der Waals surface area contributed by atoms with Gasteiger partial charge in [-0.2, -0.15) is 0 Å². The molecule has 0 radical (unpaired) electrons. The molecule has 3 rings (SSSR count). The van der Waals surface area contributed by atoms with E-state index in [1.54, 1.807) is 18.5 Å². The molecule has 2 aromatic rings. The molecule has 3 heterocycles. The zero-order chi connectivity index (χ0) is 17.1. The Bertz CT molecular complexity index is 706. The van der Waals surface area contributed by atoms with Crippen LogP contribution in [0.25, 0.3) is 0 Å². The van der Waals surface area contributed by atoms with Crippen LogP contribution < -0.4 is 4.74 Å². The molecule has 0 bridgehead atoms. The Morgan fingerprint density at radius 2 is 2.00 bits per heavy atom. The number of hydrogen-bond acceptors (Lipinski definition) is 6. The summed E-state index contributed by atoms with van der Waals surface area (Å²) >= 11 is 1.35. The molecule has 1 N–H and O–H groups in total. The minimum atomic E-state index is -0.848. The van der Waals surface area contributed by atoms with E-state index in [1.807, 2.05) is 13.8 Å². The summed E-state index contributed by atoms with van der Waals surface area (Å²) in [5.74, 6) is -0.848. The van der Waals surface area contributed by atoms with Gasteiger partial charge in [0, 0.05) is 36.9 Å². The third kappa shape index (κ3) is 4.10. The van der Waals surface area contributed by atoms with Gasteiger partial charge in [0.15, 0.2) is 0 Å². The number of nitrogens with zero attached hydrogens (tertiary/aromatic N) is 3. The number of carbonyl (C=O) groups is 1. The van der Waals surface area contributed by atoms with Crippen molar-refractivity contribution in [3.05, 3.63) is 39.3 Å². The number of ether oxygens (including phenoxy) is 1. The van der Waals surface area contributed by atoms with E-state index in [0.29, 0.717) is 10.9 Å². The van der Waals surface area contributed by atoms with Crippen molar-refractivity contribution >= 4 is 17.3 Å². The monoisotopic (exact) mass is 347 g/mol. The molecule has 6 nitrogen and oxygen atoms in total. The van der Waals surface area contributed by atoms with Crippen LogP contribution in [-0.4, -0.2) is 45.1 Å². The lowest BCUT2D eigenvalue weighted by Crippen LogP contribution is -2.38. The van der Waals surface area contributed by atoms with Crippen molar-refractivity contribution in [1.82, 2.24) is 14.9 Å². The third-order valence-corrected chi connectivity index (χ3v) is 5.27. The first kappa shape index (κ1) is 16.9. The minimum absolute atomic E-state index is 0.141. The normalized spacial score (nSPS) is 16.2. The zero-order valence-corrected chi connectivity index (χ0v) is 14.7. The Morgan fingerprint density at radius 3 is 2.58 bits per heavy atom. The molecule has 0 amide bonds. The molecule has 7 heteroatoms. The molecule has 0 aromatic carbocycles. The van der Waals surface area contributed by atoms with Crippen LogP contribution in [0.2, 0.25) is 0 Å². The minimum Gasteiger partial charge on any atom is -0.477 e. The van der Waals surface area contributed by atoms with Crippen molar-refractivity contribution in [2.75, 3.05) is 13.1 Å². The lowest BCUT2D eigenvalue weighted by Gasteiger charge is -2.31. The number of hydrogen-bond donors (Lipinski definition) is 1. The SMILES string of the molecule is Cc1cnc(OC2CCN(Cc3cc(C(=O)O)sc3C)CC2)nc1. The summed E-state index contributed by atoms with van der Waals surface area (Å²) in [6.07, 6.45) is 5.51. The molecule has 24 heavy (non-hydrogen) atoms. The van der Waals surface area contributed by atoms with Gasteiger partial charge in [0.25, 0.3) is 0 Å². The largest absolute Gasteiger partial charge is 0.477 e. The van der Waals surface area contributed by atoms with Gasteiger partial charge in [-0.05, 0) is 43.9 Å². The van der Waals surface area contributed by atoms with Crippen LogP contribution in [0.15, 0.2) is 18.5 Å². The number of aryl methyl sites for hydroxylation is 2. The fourth-order valence-electron chi connectivity index (χ4n) is 2.80. The van der Waals surface area contributed by atoms with E-state index in [4.69, 9.17) is 9.84 Å². The van der Waals surface area contributed by atoms with Crippen LogP contribution in [0.3, 0.4) is 0 Å². The highest BCUT2D eigenvalue weighted by atomic mass is 32.1. The van der Waals surface area contributed by atoms with E-state index in [-0.39, 0.29) is 6.10 Å². The maximum atomic E-state index is 11.1. The van der Waals surface area contributed by atoms with Crippen LogP contribution in [0, 0.1) is 13.8 Å². The number of carboxylic acids is 1. The standard InChI is InChI=1S/C17H21N3O3S/c1-11-8-18-17(19-9-11)23-14-3-5-20(6-4-14)10-13-7-15(16(21)22)24-12(13)2/h7-9,14H,3-6,10H2,1-2H3,(H,21,22).